The minimum absolute atomic E-state index is 0.705. The van der Waals surface area contributed by atoms with Crippen molar-refractivity contribution in [2.24, 2.45) is 17.6 Å². The molecule has 3 unspecified atom stereocenters. The third kappa shape index (κ3) is 1.73. The molecule has 2 saturated heterocycles. The number of nitrogens with zero attached hydrogens (tertiary/aromatic N) is 1. The number of likely N-dealkylation sites (tertiary alicyclic amines) is 1. The zero-order valence-electron chi connectivity index (χ0n) is 8.41. The molecule has 3 heteroatoms. The molecule has 3 nitrogen and oxygen atoms in total. The highest BCUT2D eigenvalue weighted by atomic mass is 16.5. The Morgan fingerprint density at radius 3 is 2.92 bits per heavy atom. The molecule has 0 aromatic carbocycles. The molecule has 0 saturated carbocycles. The van der Waals surface area contributed by atoms with Gasteiger partial charge in [-0.1, -0.05) is 0 Å². The van der Waals surface area contributed by atoms with Gasteiger partial charge in [0.25, 0.3) is 0 Å². The lowest BCUT2D eigenvalue weighted by atomic mass is 9.87. The summed E-state index contributed by atoms with van der Waals surface area (Å²) in [4.78, 5) is 2.47. The molecule has 76 valence electrons. The summed E-state index contributed by atoms with van der Waals surface area (Å²) in [6.45, 7) is 3.89. The maximum atomic E-state index is 5.79. The molecule has 0 radical (unpaired) electrons. The molecule has 0 aliphatic carbocycles. The number of hydrogen-bond acceptors (Lipinski definition) is 3. The van der Waals surface area contributed by atoms with Gasteiger partial charge in [-0.05, 0) is 38.3 Å². The Bertz CT molecular complexity index is 174. The molecule has 0 bridgehead atoms. The van der Waals surface area contributed by atoms with Crippen LogP contribution in [0.2, 0.25) is 0 Å². The maximum absolute atomic E-state index is 5.79. The SMILES string of the molecule is CN1CC(CN)C2CCOCCC21. The average Bonchev–Trinajstić information content (AvgIpc) is 2.38. The third-order valence-corrected chi connectivity index (χ3v) is 3.64. The Hall–Kier alpha value is -0.120. The lowest BCUT2D eigenvalue weighted by molar-refractivity contribution is 0.132. The van der Waals surface area contributed by atoms with Crippen molar-refractivity contribution in [3.63, 3.8) is 0 Å². The fraction of sp³-hybridized carbons (Fsp3) is 1.00. The van der Waals surface area contributed by atoms with Crippen LogP contribution >= 0.6 is 0 Å². The van der Waals surface area contributed by atoms with Gasteiger partial charge in [0.05, 0.1) is 0 Å². The summed E-state index contributed by atoms with van der Waals surface area (Å²) in [6.07, 6.45) is 2.40. The second kappa shape index (κ2) is 3.95. The van der Waals surface area contributed by atoms with E-state index in [-0.39, 0.29) is 0 Å². The van der Waals surface area contributed by atoms with Gasteiger partial charge in [0.2, 0.25) is 0 Å². The van der Waals surface area contributed by atoms with Crippen LogP contribution in [0.15, 0.2) is 0 Å². The molecule has 0 amide bonds. The van der Waals surface area contributed by atoms with Crippen LogP contribution in [0.25, 0.3) is 0 Å². The van der Waals surface area contributed by atoms with E-state index in [1.54, 1.807) is 0 Å². The highest BCUT2D eigenvalue weighted by Crippen LogP contribution is 2.34. The fourth-order valence-electron chi connectivity index (χ4n) is 2.92. The Kier molecular flexibility index (Phi) is 2.86. The summed E-state index contributed by atoms with van der Waals surface area (Å²) in [5.41, 5.74) is 5.79. The van der Waals surface area contributed by atoms with Gasteiger partial charge < -0.3 is 15.4 Å². The molecule has 0 aromatic heterocycles. The Balaban J connectivity index is 2.06. The van der Waals surface area contributed by atoms with Crippen LogP contribution in [-0.4, -0.2) is 44.3 Å². The minimum atomic E-state index is 0.705. The van der Waals surface area contributed by atoms with Crippen molar-refractivity contribution in [3.8, 4) is 0 Å². The third-order valence-electron chi connectivity index (χ3n) is 3.64. The van der Waals surface area contributed by atoms with Crippen LogP contribution in [-0.2, 0) is 4.74 Å². The molecular formula is C10H20N2O. The molecule has 2 heterocycles. The monoisotopic (exact) mass is 184 g/mol. The second-order valence-corrected chi connectivity index (χ2v) is 4.36. The fourth-order valence-corrected chi connectivity index (χ4v) is 2.92. The first-order valence-corrected chi connectivity index (χ1v) is 5.31. The van der Waals surface area contributed by atoms with Gasteiger partial charge in [-0.15, -0.1) is 0 Å². The smallest absolute Gasteiger partial charge is 0.0481 e. The summed E-state index contributed by atoms with van der Waals surface area (Å²) in [5.74, 6) is 1.49. The molecular weight excluding hydrogens is 164 g/mol. The normalized spacial score (nSPS) is 41.5. The van der Waals surface area contributed by atoms with E-state index in [9.17, 15) is 0 Å². The van der Waals surface area contributed by atoms with Crippen molar-refractivity contribution in [1.29, 1.82) is 0 Å². The van der Waals surface area contributed by atoms with Crippen LogP contribution in [0.4, 0.5) is 0 Å². The van der Waals surface area contributed by atoms with E-state index in [1.165, 1.54) is 19.4 Å². The summed E-state index contributed by atoms with van der Waals surface area (Å²) in [6, 6.07) is 0.732. The van der Waals surface area contributed by atoms with E-state index in [0.717, 1.165) is 31.7 Å². The Labute approximate surface area is 80.2 Å². The molecule has 2 rings (SSSR count). The van der Waals surface area contributed by atoms with Crippen molar-refractivity contribution >= 4 is 0 Å². The zero-order chi connectivity index (χ0) is 9.26. The second-order valence-electron chi connectivity index (χ2n) is 4.36. The number of fused-ring (bicyclic) bond motifs is 1. The van der Waals surface area contributed by atoms with E-state index in [1.807, 2.05) is 0 Å². The Morgan fingerprint density at radius 2 is 2.15 bits per heavy atom. The molecule has 2 fully saturated rings. The first-order chi connectivity index (χ1) is 6.33. The quantitative estimate of drug-likeness (QED) is 0.637. The van der Waals surface area contributed by atoms with Crippen molar-refractivity contribution < 1.29 is 4.74 Å². The standard InChI is InChI=1S/C10H20N2O/c1-12-7-8(6-11)9-2-4-13-5-3-10(9)12/h8-10H,2-7,11H2,1H3. The van der Waals surface area contributed by atoms with Crippen molar-refractivity contribution in [2.45, 2.75) is 18.9 Å². The predicted octanol–water partition coefficient (Wildman–Crippen LogP) is 0.302. The van der Waals surface area contributed by atoms with Gasteiger partial charge in [-0.25, -0.2) is 0 Å². The number of nitrogens with two attached hydrogens (primary N) is 1. The maximum Gasteiger partial charge on any atom is 0.0481 e. The van der Waals surface area contributed by atoms with Crippen LogP contribution in [0.1, 0.15) is 12.8 Å². The first kappa shape index (κ1) is 9.44. The molecule has 3 atom stereocenters. The van der Waals surface area contributed by atoms with Gasteiger partial charge in [0, 0.05) is 25.8 Å². The number of rotatable bonds is 1. The molecule has 2 N–H and O–H groups in total. The first-order valence-electron chi connectivity index (χ1n) is 5.31. The lowest BCUT2D eigenvalue weighted by Gasteiger charge is -2.22. The van der Waals surface area contributed by atoms with Crippen LogP contribution in [0, 0.1) is 11.8 Å². The van der Waals surface area contributed by atoms with Crippen molar-refractivity contribution in [2.75, 3.05) is 33.4 Å². The van der Waals surface area contributed by atoms with E-state index in [0.29, 0.717) is 5.92 Å². The van der Waals surface area contributed by atoms with Gasteiger partial charge in [0.15, 0.2) is 0 Å². The van der Waals surface area contributed by atoms with Crippen LogP contribution in [0.3, 0.4) is 0 Å². The van der Waals surface area contributed by atoms with Gasteiger partial charge in [0.1, 0.15) is 0 Å². The average molecular weight is 184 g/mol. The molecule has 13 heavy (non-hydrogen) atoms. The summed E-state index contributed by atoms with van der Waals surface area (Å²) in [7, 11) is 2.22. The number of ether oxygens (including phenoxy) is 1. The Morgan fingerprint density at radius 1 is 1.38 bits per heavy atom. The van der Waals surface area contributed by atoms with Gasteiger partial charge in [-0.3, -0.25) is 0 Å². The molecule has 0 aromatic rings. The highest BCUT2D eigenvalue weighted by molar-refractivity contribution is 4.92. The molecule has 2 aliphatic rings. The summed E-state index contributed by atoms with van der Waals surface area (Å²) >= 11 is 0. The summed E-state index contributed by atoms with van der Waals surface area (Å²) < 4.78 is 5.50. The van der Waals surface area contributed by atoms with Crippen molar-refractivity contribution in [1.82, 2.24) is 4.90 Å². The largest absolute Gasteiger partial charge is 0.381 e. The highest BCUT2D eigenvalue weighted by Gasteiger charge is 2.39. The zero-order valence-corrected chi connectivity index (χ0v) is 8.41. The predicted molar refractivity (Wildman–Crippen MR) is 52.5 cm³/mol. The van der Waals surface area contributed by atoms with Gasteiger partial charge >= 0.3 is 0 Å². The molecule has 0 spiro atoms. The van der Waals surface area contributed by atoms with Gasteiger partial charge in [-0.2, -0.15) is 0 Å². The minimum Gasteiger partial charge on any atom is -0.381 e. The van der Waals surface area contributed by atoms with E-state index in [2.05, 4.69) is 11.9 Å². The number of hydrogen-bond donors (Lipinski definition) is 1. The topological polar surface area (TPSA) is 38.5 Å². The van der Waals surface area contributed by atoms with Crippen LogP contribution in [0.5, 0.6) is 0 Å². The van der Waals surface area contributed by atoms with E-state index in [4.69, 9.17) is 10.5 Å². The molecule has 2 aliphatic heterocycles. The van der Waals surface area contributed by atoms with E-state index >= 15 is 0 Å². The van der Waals surface area contributed by atoms with Crippen LogP contribution < -0.4 is 5.73 Å². The lowest BCUT2D eigenvalue weighted by Crippen LogP contribution is -2.29. The summed E-state index contributed by atoms with van der Waals surface area (Å²) in [5, 5.41) is 0. The van der Waals surface area contributed by atoms with E-state index < -0.39 is 0 Å². The van der Waals surface area contributed by atoms with Crippen molar-refractivity contribution in [3.05, 3.63) is 0 Å².